The van der Waals surface area contributed by atoms with E-state index in [1.54, 1.807) is 16.9 Å². The van der Waals surface area contributed by atoms with Gasteiger partial charge in [-0.2, -0.15) is 5.10 Å². The minimum atomic E-state index is -0.0169. The summed E-state index contributed by atoms with van der Waals surface area (Å²) in [6.07, 6.45) is 5.55. The van der Waals surface area contributed by atoms with Crippen LogP contribution in [0, 0.1) is 6.92 Å². The van der Waals surface area contributed by atoms with Gasteiger partial charge in [-0.3, -0.25) is 13.9 Å². The number of thiazole rings is 1. The lowest BCUT2D eigenvalue weighted by Gasteiger charge is -2.08. The van der Waals surface area contributed by atoms with Crippen LogP contribution in [-0.4, -0.2) is 35.1 Å². The maximum atomic E-state index is 12.9. The third-order valence-electron chi connectivity index (χ3n) is 3.98. The molecule has 0 atom stereocenters. The molecule has 0 aliphatic carbocycles. The maximum absolute atomic E-state index is 12.9. The summed E-state index contributed by atoms with van der Waals surface area (Å²) in [5.74, 6) is -0.0169. The Kier molecular flexibility index (Phi) is 3.89. The van der Waals surface area contributed by atoms with Crippen molar-refractivity contribution in [1.29, 1.82) is 0 Å². The van der Waals surface area contributed by atoms with E-state index < -0.39 is 0 Å². The Hall–Kier alpha value is -2.87. The van der Waals surface area contributed by atoms with E-state index in [0.29, 0.717) is 11.2 Å². The molecule has 0 spiro atoms. The molecule has 4 aromatic rings. The third kappa shape index (κ3) is 2.85. The molecule has 4 heterocycles. The van der Waals surface area contributed by atoms with Crippen LogP contribution in [-0.2, 0) is 13.0 Å². The summed E-state index contributed by atoms with van der Waals surface area (Å²) in [6.45, 7) is 4.71. The van der Waals surface area contributed by atoms with E-state index >= 15 is 0 Å². The number of hydrogen-bond acceptors (Lipinski definition) is 6. The van der Waals surface area contributed by atoms with Gasteiger partial charge in [0.05, 0.1) is 17.7 Å². The zero-order chi connectivity index (χ0) is 17.4. The third-order valence-corrected chi connectivity index (χ3v) is 4.95. The van der Waals surface area contributed by atoms with Gasteiger partial charge in [0, 0.05) is 35.6 Å². The lowest BCUT2D eigenvalue weighted by molar-refractivity contribution is 0.0994. The summed E-state index contributed by atoms with van der Waals surface area (Å²) < 4.78 is 3.67. The first kappa shape index (κ1) is 15.6. The molecule has 4 rings (SSSR count). The van der Waals surface area contributed by atoms with Crippen LogP contribution in [0.25, 0.3) is 16.9 Å². The molecule has 0 aromatic carbocycles. The fourth-order valence-corrected chi connectivity index (χ4v) is 3.60. The van der Waals surface area contributed by atoms with Crippen molar-refractivity contribution >= 4 is 22.8 Å². The van der Waals surface area contributed by atoms with Crippen LogP contribution in [0.5, 0.6) is 0 Å². The van der Waals surface area contributed by atoms with Crippen molar-refractivity contribution in [3.8, 4) is 11.3 Å². The van der Waals surface area contributed by atoms with Crippen molar-refractivity contribution in [2.75, 3.05) is 0 Å². The largest absolute Gasteiger partial charge is 0.294 e. The van der Waals surface area contributed by atoms with Crippen LogP contribution in [0.4, 0.5) is 0 Å². The molecule has 0 radical (unpaired) electrons. The van der Waals surface area contributed by atoms with Gasteiger partial charge in [-0.15, -0.1) is 21.5 Å². The van der Waals surface area contributed by atoms with Crippen LogP contribution in [0.15, 0.2) is 36.2 Å². The number of ketones is 1. The molecule has 0 saturated heterocycles. The summed E-state index contributed by atoms with van der Waals surface area (Å²) in [6, 6.07) is 3.81. The molecule has 0 N–H and O–H groups in total. The lowest BCUT2D eigenvalue weighted by Crippen LogP contribution is -2.08. The predicted molar refractivity (Wildman–Crippen MR) is 94.8 cm³/mol. The first-order valence-corrected chi connectivity index (χ1v) is 8.83. The van der Waals surface area contributed by atoms with Gasteiger partial charge in [0.1, 0.15) is 11.3 Å². The Labute approximate surface area is 148 Å². The Morgan fingerprint density at radius 1 is 1.36 bits per heavy atom. The number of Topliss-reactive ketones (excluding diaryl/α,β-unsaturated/α-hetero) is 1. The Bertz CT molecular complexity index is 1060. The topological polar surface area (TPSA) is 78.0 Å². The minimum Gasteiger partial charge on any atom is -0.294 e. The summed E-state index contributed by atoms with van der Waals surface area (Å²) in [4.78, 5) is 17.3. The van der Waals surface area contributed by atoms with Crippen molar-refractivity contribution in [3.05, 3.63) is 52.5 Å². The van der Waals surface area contributed by atoms with Crippen LogP contribution < -0.4 is 0 Å². The minimum absolute atomic E-state index is 0.0169. The molecule has 126 valence electrons. The number of aryl methyl sites for hydroxylation is 2. The normalized spacial score (nSPS) is 11.3. The zero-order valence-electron chi connectivity index (χ0n) is 13.9. The van der Waals surface area contributed by atoms with Gasteiger partial charge >= 0.3 is 0 Å². The molecule has 0 aliphatic rings. The smallest absolute Gasteiger partial charge is 0.173 e. The van der Waals surface area contributed by atoms with E-state index in [4.69, 9.17) is 0 Å². The van der Waals surface area contributed by atoms with E-state index in [1.807, 2.05) is 42.2 Å². The van der Waals surface area contributed by atoms with Crippen LogP contribution in [0.2, 0.25) is 0 Å². The number of carbonyl (C=O) groups is 1. The fraction of sp³-hybridized carbons (Fsp3) is 0.235. The van der Waals surface area contributed by atoms with Crippen molar-refractivity contribution in [2.45, 2.75) is 26.8 Å². The van der Waals surface area contributed by atoms with E-state index in [1.165, 1.54) is 11.3 Å². The molecule has 0 amide bonds. The van der Waals surface area contributed by atoms with Crippen molar-refractivity contribution in [1.82, 2.24) is 29.4 Å². The molecule has 0 bridgehead atoms. The molecule has 0 saturated carbocycles. The standard InChI is InChI=1S/C17H16N6OS/c1-3-23-14(4-5-19-23)12-6-13(17-21-18-10-22(17)8-12)15(24)7-16-20-11(2)9-25-16/h4-6,8-10H,3,7H2,1-2H3. The van der Waals surface area contributed by atoms with Crippen LogP contribution in [0.1, 0.15) is 28.0 Å². The van der Waals surface area contributed by atoms with E-state index in [-0.39, 0.29) is 12.2 Å². The second-order valence-electron chi connectivity index (χ2n) is 5.72. The molecule has 0 unspecified atom stereocenters. The Morgan fingerprint density at radius 2 is 2.24 bits per heavy atom. The SMILES string of the molecule is CCn1nccc1-c1cc(C(=O)Cc2nc(C)cs2)c2nncn2c1. The van der Waals surface area contributed by atoms with E-state index in [9.17, 15) is 4.79 Å². The number of pyridine rings is 1. The quantitative estimate of drug-likeness (QED) is 0.516. The molecule has 0 aliphatic heterocycles. The number of nitrogens with zero attached hydrogens (tertiary/aromatic N) is 6. The highest BCUT2D eigenvalue weighted by Crippen LogP contribution is 2.24. The summed E-state index contributed by atoms with van der Waals surface area (Å²) in [7, 11) is 0. The first-order valence-electron chi connectivity index (χ1n) is 7.95. The van der Waals surface area contributed by atoms with E-state index in [0.717, 1.165) is 28.5 Å². The molecular weight excluding hydrogens is 336 g/mol. The number of aromatic nitrogens is 6. The Balaban J connectivity index is 1.79. The van der Waals surface area contributed by atoms with E-state index in [2.05, 4.69) is 20.3 Å². The zero-order valence-corrected chi connectivity index (χ0v) is 14.7. The van der Waals surface area contributed by atoms with Gasteiger partial charge in [0.25, 0.3) is 0 Å². The highest BCUT2D eigenvalue weighted by molar-refractivity contribution is 7.09. The monoisotopic (exact) mass is 352 g/mol. The summed E-state index contributed by atoms with van der Waals surface area (Å²) in [5, 5.41) is 15.1. The fourth-order valence-electron chi connectivity index (χ4n) is 2.83. The maximum Gasteiger partial charge on any atom is 0.173 e. The van der Waals surface area contributed by atoms with Crippen molar-refractivity contribution in [3.63, 3.8) is 0 Å². The average molecular weight is 352 g/mol. The predicted octanol–water partition coefficient (Wildman–Crippen LogP) is 2.80. The second kappa shape index (κ2) is 6.21. The molecular formula is C17H16N6OS. The highest BCUT2D eigenvalue weighted by Gasteiger charge is 2.18. The van der Waals surface area contributed by atoms with Gasteiger partial charge in [-0.05, 0) is 26.0 Å². The molecule has 8 heteroatoms. The number of fused-ring (bicyclic) bond motifs is 1. The van der Waals surface area contributed by atoms with Crippen molar-refractivity contribution in [2.24, 2.45) is 0 Å². The van der Waals surface area contributed by atoms with Crippen LogP contribution in [0.3, 0.4) is 0 Å². The number of hydrogen-bond donors (Lipinski definition) is 0. The molecule has 25 heavy (non-hydrogen) atoms. The van der Waals surface area contributed by atoms with Gasteiger partial charge in [0.15, 0.2) is 11.4 Å². The van der Waals surface area contributed by atoms with Gasteiger partial charge < -0.3 is 0 Å². The van der Waals surface area contributed by atoms with Crippen LogP contribution >= 0.6 is 11.3 Å². The number of rotatable bonds is 5. The summed E-state index contributed by atoms with van der Waals surface area (Å²) >= 11 is 1.50. The average Bonchev–Trinajstić information content (AvgIpc) is 3.33. The number of carbonyl (C=O) groups excluding carboxylic acids is 1. The van der Waals surface area contributed by atoms with Gasteiger partial charge in [0.2, 0.25) is 0 Å². The molecule has 0 fully saturated rings. The summed E-state index contributed by atoms with van der Waals surface area (Å²) in [5.41, 5.74) is 3.90. The second-order valence-corrected chi connectivity index (χ2v) is 6.66. The molecule has 4 aromatic heterocycles. The molecule has 7 nitrogen and oxygen atoms in total. The van der Waals surface area contributed by atoms with Gasteiger partial charge in [-0.25, -0.2) is 4.98 Å². The van der Waals surface area contributed by atoms with Crippen molar-refractivity contribution < 1.29 is 4.79 Å². The Morgan fingerprint density at radius 3 is 3.00 bits per heavy atom. The highest BCUT2D eigenvalue weighted by atomic mass is 32.1. The van der Waals surface area contributed by atoms with Gasteiger partial charge in [-0.1, -0.05) is 0 Å². The lowest BCUT2D eigenvalue weighted by atomic mass is 10.1. The first-order chi connectivity index (χ1) is 12.2.